The second-order valence-corrected chi connectivity index (χ2v) is 4.67. The molecule has 0 N–H and O–H groups in total. The van der Waals surface area contributed by atoms with Gasteiger partial charge >= 0.3 is 0 Å². The summed E-state index contributed by atoms with van der Waals surface area (Å²) in [6.45, 7) is 6.16. The molecule has 2 aliphatic heterocycles. The number of rotatable bonds is 2. The minimum Gasteiger partial charge on any atom is -0.329 e. The fourth-order valence-electron chi connectivity index (χ4n) is 2.40. The molecule has 0 aromatic heterocycles. The zero-order chi connectivity index (χ0) is 11.4. The van der Waals surface area contributed by atoms with Crippen LogP contribution < -0.4 is 0 Å². The van der Waals surface area contributed by atoms with E-state index in [9.17, 15) is 4.79 Å². The molecular weight excluding hydrogens is 200 g/mol. The van der Waals surface area contributed by atoms with Crippen molar-refractivity contribution in [2.24, 2.45) is 0 Å². The summed E-state index contributed by atoms with van der Waals surface area (Å²) < 4.78 is 0. The van der Waals surface area contributed by atoms with Gasteiger partial charge in [0.1, 0.15) is 0 Å². The molecule has 2 heterocycles. The molecule has 2 saturated heterocycles. The molecule has 3 heteroatoms. The van der Waals surface area contributed by atoms with Gasteiger partial charge in [-0.1, -0.05) is 11.8 Å². The highest BCUT2D eigenvalue weighted by Gasteiger charge is 2.23. The average Bonchev–Trinajstić information content (AvgIpc) is 2.88. The third kappa shape index (κ3) is 2.76. The number of carbonyl (C=O) groups excluding carboxylic acids is 1. The largest absolute Gasteiger partial charge is 0.329 e. The molecular formula is C13H20N2O. The molecule has 0 unspecified atom stereocenters. The van der Waals surface area contributed by atoms with Gasteiger partial charge in [0.15, 0.2) is 0 Å². The summed E-state index contributed by atoms with van der Waals surface area (Å²) in [7, 11) is 0. The zero-order valence-electron chi connectivity index (χ0n) is 10.0. The summed E-state index contributed by atoms with van der Waals surface area (Å²) in [6, 6.07) is 0.0950. The van der Waals surface area contributed by atoms with Crippen molar-refractivity contribution in [2.45, 2.75) is 38.6 Å². The molecule has 2 aliphatic rings. The van der Waals surface area contributed by atoms with Crippen molar-refractivity contribution in [2.75, 3.05) is 26.2 Å². The minimum absolute atomic E-state index is 0.0950. The van der Waals surface area contributed by atoms with Crippen LogP contribution in [0.15, 0.2) is 0 Å². The molecule has 2 fully saturated rings. The van der Waals surface area contributed by atoms with Crippen LogP contribution in [0.1, 0.15) is 32.6 Å². The SMILES string of the molecule is C[C@@H](C#CCN1CCCC1)N1CCCC1=O. The van der Waals surface area contributed by atoms with Gasteiger partial charge < -0.3 is 4.90 Å². The Balaban J connectivity index is 1.79. The number of nitrogens with zero attached hydrogens (tertiary/aromatic N) is 2. The Kier molecular flexibility index (Phi) is 3.84. The zero-order valence-corrected chi connectivity index (χ0v) is 10.0. The third-order valence-electron chi connectivity index (χ3n) is 3.39. The highest BCUT2D eigenvalue weighted by molar-refractivity contribution is 5.78. The lowest BCUT2D eigenvalue weighted by Gasteiger charge is -2.19. The standard InChI is InChI=1S/C13H20N2O/c1-12(15-11-5-7-13(15)16)6-4-10-14-8-2-3-9-14/h12H,2-3,5,7-11H2,1H3/t12-/m0/s1. The van der Waals surface area contributed by atoms with Crippen molar-refractivity contribution in [1.82, 2.24) is 9.80 Å². The molecule has 3 nitrogen and oxygen atoms in total. The number of hydrogen-bond donors (Lipinski definition) is 0. The van der Waals surface area contributed by atoms with Gasteiger partial charge in [0, 0.05) is 13.0 Å². The van der Waals surface area contributed by atoms with E-state index in [1.807, 2.05) is 11.8 Å². The van der Waals surface area contributed by atoms with Crippen LogP contribution in [-0.2, 0) is 4.79 Å². The second kappa shape index (κ2) is 5.36. The number of carbonyl (C=O) groups is 1. The Morgan fingerprint density at radius 3 is 2.62 bits per heavy atom. The maximum Gasteiger partial charge on any atom is 0.223 e. The monoisotopic (exact) mass is 220 g/mol. The molecule has 16 heavy (non-hydrogen) atoms. The van der Waals surface area contributed by atoms with Crippen LogP contribution in [0.3, 0.4) is 0 Å². The molecule has 88 valence electrons. The molecule has 1 amide bonds. The topological polar surface area (TPSA) is 23.6 Å². The van der Waals surface area contributed by atoms with E-state index in [1.54, 1.807) is 0 Å². The Morgan fingerprint density at radius 1 is 1.25 bits per heavy atom. The van der Waals surface area contributed by atoms with Gasteiger partial charge in [0.05, 0.1) is 12.6 Å². The molecule has 0 aromatic carbocycles. The molecule has 0 saturated carbocycles. The maximum absolute atomic E-state index is 11.5. The van der Waals surface area contributed by atoms with E-state index < -0.39 is 0 Å². The molecule has 0 bridgehead atoms. The van der Waals surface area contributed by atoms with E-state index in [2.05, 4.69) is 16.7 Å². The van der Waals surface area contributed by atoms with Crippen molar-refractivity contribution in [3.05, 3.63) is 0 Å². The van der Waals surface area contributed by atoms with E-state index in [1.165, 1.54) is 25.9 Å². The first-order chi connectivity index (χ1) is 7.77. The van der Waals surface area contributed by atoms with Crippen LogP contribution in [0.5, 0.6) is 0 Å². The van der Waals surface area contributed by atoms with Crippen LogP contribution in [0.2, 0.25) is 0 Å². The molecule has 0 aromatic rings. The number of likely N-dealkylation sites (tertiary alicyclic amines) is 2. The summed E-state index contributed by atoms with van der Waals surface area (Å²) in [4.78, 5) is 15.8. The first-order valence-electron chi connectivity index (χ1n) is 6.27. The van der Waals surface area contributed by atoms with E-state index in [4.69, 9.17) is 0 Å². The van der Waals surface area contributed by atoms with Gasteiger partial charge in [0.25, 0.3) is 0 Å². The van der Waals surface area contributed by atoms with Crippen LogP contribution in [-0.4, -0.2) is 47.9 Å². The van der Waals surface area contributed by atoms with Crippen molar-refractivity contribution in [1.29, 1.82) is 0 Å². The Hall–Kier alpha value is -1.01. The van der Waals surface area contributed by atoms with Gasteiger partial charge in [-0.3, -0.25) is 9.69 Å². The minimum atomic E-state index is 0.0950. The molecule has 2 rings (SSSR count). The summed E-state index contributed by atoms with van der Waals surface area (Å²) in [6.07, 6.45) is 4.32. The quantitative estimate of drug-likeness (QED) is 0.651. The number of hydrogen-bond acceptors (Lipinski definition) is 2. The molecule has 0 aliphatic carbocycles. The Labute approximate surface area is 97.8 Å². The van der Waals surface area contributed by atoms with Gasteiger partial charge in [-0.25, -0.2) is 0 Å². The lowest BCUT2D eigenvalue weighted by molar-refractivity contribution is -0.128. The van der Waals surface area contributed by atoms with Crippen LogP contribution in [0, 0.1) is 11.8 Å². The van der Waals surface area contributed by atoms with Crippen LogP contribution in [0.25, 0.3) is 0 Å². The molecule has 1 atom stereocenters. The van der Waals surface area contributed by atoms with Crippen molar-refractivity contribution < 1.29 is 4.79 Å². The second-order valence-electron chi connectivity index (χ2n) is 4.67. The predicted molar refractivity (Wildman–Crippen MR) is 63.9 cm³/mol. The fraction of sp³-hybridized carbons (Fsp3) is 0.769. The van der Waals surface area contributed by atoms with E-state index >= 15 is 0 Å². The van der Waals surface area contributed by atoms with E-state index in [-0.39, 0.29) is 11.9 Å². The van der Waals surface area contributed by atoms with Gasteiger partial charge in [0.2, 0.25) is 5.91 Å². The normalized spacial score (nSPS) is 23.3. The first-order valence-corrected chi connectivity index (χ1v) is 6.27. The summed E-state index contributed by atoms with van der Waals surface area (Å²) >= 11 is 0. The van der Waals surface area contributed by atoms with Gasteiger partial charge in [-0.2, -0.15) is 0 Å². The van der Waals surface area contributed by atoms with Crippen LogP contribution in [0.4, 0.5) is 0 Å². The smallest absolute Gasteiger partial charge is 0.223 e. The predicted octanol–water partition coefficient (Wildman–Crippen LogP) is 1.10. The van der Waals surface area contributed by atoms with Gasteiger partial charge in [-0.15, -0.1) is 0 Å². The average molecular weight is 220 g/mol. The van der Waals surface area contributed by atoms with E-state index in [0.717, 1.165) is 19.5 Å². The Bertz CT molecular complexity index is 310. The van der Waals surface area contributed by atoms with E-state index in [0.29, 0.717) is 6.42 Å². The van der Waals surface area contributed by atoms with Gasteiger partial charge in [-0.05, 0) is 39.3 Å². The van der Waals surface area contributed by atoms with Crippen molar-refractivity contribution in [3.63, 3.8) is 0 Å². The summed E-state index contributed by atoms with van der Waals surface area (Å²) in [5.41, 5.74) is 0. The highest BCUT2D eigenvalue weighted by Crippen LogP contribution is 2.12. The third-order valence-corrected chi connectivity index (χ3v) is 3.39. The number of amides is 1. The molecule has 0 radical (unpaired) electrons. The van der Waals surface area contributed by atoms with Crippen LogP contribution >= 0.6 is 0 Å². The molecule has 0 spiro atoms. The van der Waals surface area contributed by atoms with Crippen molar-refractivity contribution in [3.8, 4) is 11.8 Å². The summed E-state index contributed by atoms with van der Waals surface area (Å²) in [5, 5.41) is 0. The lowest BCUT2D eigenvalue weighted by Crippen LogP contribution is -2.33. The van der Waals surface area contributed by atoms with Crippen molar-refractivity contribution >= 4 is 5.91 Å². The fourth-order valence-corrected chi connectivity index (χ4v) is 2.40. The Morgan fingerprint density at radius 2 is 2.00 bits per heavy atom. The first kappa shape index (κ1) is 11.5. The highest BCUT2D eigenvalue weighted by atomic mass is 16.2. The summed E-state index contributed by atoms with van der Waals surface area (Å²) in [5.74, 6) is 6.67. The lowest BCUT2D eigenvalue weighted by atomic mass is 10.3. The maximum atomic E-state index is 11.5.